The molecule has 1 aromatic carbocycles. The minimum Gasteiger partial charge on any atom is -0.118 e. The van der Waals surface area contributed by atoms with Gasteiger partial charge < -0.3 is 0 Å². The zero-order valence-electron chi connectivity index (χ0n) is 11.9. The van der Waals surface area contributed by atoms with Crippen LogP contribution in [0.25, 0.3) is 0 Å². The fourth-order valence-corrected chi connectivity index (χ4v) is 3.85. The third-order valence-electron chi connectivity index (χ3n) is 4.65. The van der Waals surface area contributed by atoms with E-state index in [-0.39, 0.29) is 5.38 Å². The number of benzene rings is 1. The first-order valence-corrected chi connectivity index (χ1v) is 7.71. The number of alkyl halides is 1. The first-order chi connectivity index (χ1) is 8.54. The number of rotatable bonds is 3. The van der Waals surface area contributed by atoms with E-state index in [2.05, 4.69) is 45.0 Å². The molecule has 1 saturated carbocycles. The van der Waals surface area contributed by atoms with Crippen LogP contribution in [-0.2, 0) is 6.42 Å². The smallest absolute Gasteiger partial charge is 0.0618 e. The van der Waals surface area contributed by atoms with Crippen LogP contribution in [0, 0.1) is 11.3 Å². The zero-order chi connectivity index (χ0) is 13.2. The lowest BCUT2D eigenvalue weighted by Gasteiger charge is -2.41. The van der Waals surface area contributed by atoms with Crippen molar-refractivity contribution in [1.82, 2.24) is 0 Å². The summed E-state index contributed by atoms with van der Waals surface area (Å²) in [6.07, 6.45) is 6.39. The van der Waals surface area contributed by atoms with E-state index in [9.17, 15) is 0 Å². The van der Waals surface area contributed by atoms with Crippen molar-refractivity contribution in [3.8, 4) is 0 Å². The van der Waals surface area contributed by atoms with Gasteiger partial charge in [-0.05, 0) is 41.7 Å². The van der Waals surface area contributed by atoms with Crippen LogP contribution in [0.2, 0.25) is 0 Å². The molecule has 0 radical (unpaired) electrons. The molecule has 1 aromatic rings. The van der Waals surface area contributed by atoms with Crippen molar-refractivity contribution in [1.29, 1.82) is 0 Å². The molecular weight excluding hydrogens is 240 g/mol. The van der Waals surface area contributed by atoms with Crippen LogP contribution in [0.4, 0.5) is 0 Å². The molecule has 1 fully saturated rings. The summed E-state index contributed by atoms with van der Waals surface area (Å²) >= 11 is 6.77. The highest BCUT2D eigenvalue weighted by Gasteiger charge is 2.37. The van der Waals surface area contributed by atoms with E-state index in [4.69, 9.17) is 11.6 Å². The summed E-state index contributed by atoms with van der Waals surface area (Å²) in [7, 11) is 0. The lowest BCUT2D eigenvalue weighted by atomic mass is 9.66. The van der Waals surface area contributed by atoms with Crippen LogP contribution in [0.15, 0.2) is 24.3 Å². The molecule has 1 heteroatoms. The van der Waals surface area contributed by atoms with Gasteiger partial charge >= 0.3 is 0 Å². The number of hydrogen-bond donors (Lipinski definition) is 0. The fraction of sp³-hybridized carbons (Fsp3) is 0.647. The van der Waals surface area contributed by atoms with Gasteiger partial charge in [0.2, 0.25) is 0 Å². The Bertz CT molecular complexity index is 377. The van der Waals surface area contributed by atoms with Gasteiger partial charge in [0.05, 0.1) is 5.38 Å². The molecule has 0 N–H and O–H groups in total. The van der Waals surface area contributed by atoms with Crippen molar-refractivity contribution in [2.75, 3.05) is 0 Å². The average molecular weight is 265 g/mol. The van der Waals surface area contributed by atoms with E-state index in [1.54, 1.807) is 0 Å². The van der Waals surface area contributed by atoms with E-state index in [1.807, 2.05) is 0 Å². The molecule has 100 valence electrons. The Labute approximate surface area is 117 Å². The van der Waals surface area contributed by atoms with Gasteiger partial charge in [0.1, 0.15) is 0 Å². The molecule has 2 unspecified atom stereocenters. The monoisotopic (exact) mass is 264 g/mol. The summed E-state index contributed by atoms with van der Waals surface area (Å²) in [4.78, 5) is 0. The Kier molecular flexibility index (Phi) is 4.37. The average Bonchev–Trinajstić information content (AvgIpc) is 2.37. The number of hydrogen-bond acceptors (Lipinski definition) is 0. The first kappa shape index (κ1) is 13.9. The molecule has 0 saturated heterocycles. The highest BCUT2D eigenvalue weighted by molar-refractivity contribution is 6.21. The van der Waals surface area contributed by atoms with Gasteiger partial charge in [-0.3, -0.25) is 0 Å². The Hall–Kier alpha value is -0.490. The van der Waals surface area contributed by atoms with Gasteiger partial charge in [0, 0.05) is 0 Å². The quantitative estimate of drug-likeness (QED) is 0.610. The van der Waals surface area contributed by atoms with Gasteiger partial charge in [-0.15, -0.1) is 11.6 Å². The van der Waals surface area contributed by atoms with Gasteiger partial charge in [-0.1, -0.05) is 57.9 Å². The highest BCUT2D eigenvalue weighted by atomic mass is 35.5. The van der Waals surface area contributed by atoms with Crippen LogP contribution < -0.4 is 0 Å². The lowest BCUT2D eigenvalue weighted by molar-refractivity contribution is 0.133. The summed E-state index contributed by atoms with van der Waals surface area (Å²) in [5.41, 5.74) is 3.08. The molecule has 0 aliphatic heterocycles. The largest absolute Gasteiger partial charge is 0.118 e. The van der Waals surface area contributed by atoms with Crippen molar-refractivity contribution in [2.45, 2.75) is 58.3 Å². The molecule has 1 aliphatic rings. The van der Waals surface area contributed by atoms with E-state index in [0.717, 1.165) is 6.42 Å². The zero-order valence-corrected chi connectivity index (χ0v) is 12.6. The predicted octanol–water partition coefficient (Wildman–Crippen LogP) is 5.75. The molecule has 2 atom stereocenters. The predicted molar refractivity (Wildman–Crippen MR) is 80.2 cm³/mol. The standard InChI is InChI=1S/C17H25Cl/c1-4-13-8-10-14(11-9-13)16(18)15-7-5-6-12-17(15,2)3/h8-11,15-16H,4-7,12H2,1-3H3. The topological polar surface area (TPSA) is 0 Å². The van der Waals surface area contributed by atoms with Crippen molar-refractivity contribution >= 4 is 11.6 Å². The van der Waals surface area contributed by atoms with E-state index in [0.29, 0.717) is 11.3 Å². The molecule has 0 amide bonds. The third-order valence-corrected chi connectivity index (χ3v) is 5.21. The summed E-state index contributed by atoms with van der Waals surface area (Å²) in [6.45, 7) is 6.96. The van der Waals surface area contributed by atoms with Crippen LogP contribution in [0.1, 0.15) is 63.0 Å². The van der Waals surface area contributed by atoms with E-state index in [1.165, 1.54) is 36.8 Å². The fourth-order valence-electron chi connectivity index (χ4n) is 3.23. The van der Waals surface area contributed by atoms with Crippen LogP contribution in [0.5, 0.6) is 0 Å². The Morgan fingerprint density at radius 2 is 1.89 bits per heavy atom. The Morgan fingerprint density at radius 3 is 2.44 bits per heavy atom. The third kappa shape index (κ3) is 2.91. The first-order valence-electron chi connectivity index (χ1n) is 7.27. The van der Waals surface area contributed by atoms with Crippen LogP contribution in [-0.4, -0.2) is 0 Å². The number of halogens is 1. The van der Waals surface area contributed by atoms with Gasteiger partial charge in [0.15, 0.2) is 0 Å². The molecule has 1 aliphatic carbocycles. The number of aryl methyl sites for hydroxylation is 1. The summed E-state index contributed by atoms with van der Waals surface area (Å²) in [6, 6.07) is 8.89. The molecule has 0 bridgehead atoms. The van der Waals surface area contributed by atoms with Crippen molar-refractivity contribution in [2.24, 2.45) is 11.3 Å². The van der Waals surface area contributed by atoms with E-state index < -0.39 is 0 Å². The van der Waals surface area contributed by atoms with Crippen molar-refractivity contribution in [3.63, 3.8) is 0 Å². The van der Waals surface area contributed by atoms with Crippen molar-refractivity contribution in [3.05, 3.63) is 35.4 Å². The molecule has 18 heavy (non-hydrogen) atoms. The van der Waals surface area contributed by atoms with Gasteiger partial charge in [0.25, 0.3) is 0 Å². The molecule has 2 rings (SSSR count). The molecule has 0 heterocycles. The van der Waals surface area contributed by atoms with Crippen LogP contribution in [0.3, 0.4) is 0 Å². The minimum atomic E-state index is 0.172. The van der Waals surface area contributed by atoms with Gasteiger partial charge in [-0.2, -0.15) is 0 Å². The lowest BCUT2D eigenvalue weighted by Crippen LogP contribution is -2.30. The van der Waals surface area contributed by atoms with Gasteiger partial charge in [-0.25, -0.2) is 0 Å². The summed E-state index contributed by atoms with van der Waals surface area (Å²) in [5, 5.41) is 0.172. The molecule has 0 spiro atoms. The van der Waals surface area contributed by atoms with Crippen LogP contribution >= 0.6 is 11.6 Å². The second-order valence-corrected chi connectivity index (χ2v) is 6.81. The second-order valence-electron chi connectivity index (χ2n) is 6.34. The maximum absolute atomic E-state index is 6.77. The summed E-state index contributed by atoms with van der Waals surface area (Å²) < 4.78 is 0. The molecule has 0 nitrogen and oxygen atoms in total. The minimum absolute atomic E-state index is 0.172. The maximum Gasteiger partial charge on any atom is 0.0618 e. The Morgan fingerprint density at radius 1 is 1.22 bits per heavy atom. The maximum atomic E-state index is 6.77. The van der Waals surface area contributed by atoms with E-state index >= 15 is 0 Å². The Balaban J connectivity index is 2.16. The highest BCUT2D eigenvalue weighted by Crippen LogP contribution is 2.49. The normalized spacial score (nSPS) is 24.8. The molecule has 0 aromatic heterocycles. The summed E-state index contributed by atoms with van der Waals surface area (Å²) in [5.74, 6) is 0.611. The second kappa shape index (κ2) is 5.65. The molecular formula is C17H25Cl. The SMILES string of the molecule is CCc1ccc(C(Cl)C2CCCCC2(C)C)cc1. The van der Waals surface area contributed by atoms with Crippen molar-refractivity contribution < 1.29 is 0 Å².